The molecular formula is C30H38N2O4. The first-order valence-corrected chi connectivity index (χ1v) is 13.6. The lowest BCUT2D eigenvalue weighted by atomic mass is 10.0. The van der Waals surface area contributed by atoms with Gasteiger partial charge in [-0.2, -0.15) is 0 Å². The third-order valence-electron chi connectivity index (χ3n) is 8.24. The number of hydrogen-bond acceptors (Lipinski definition) is 6. The second-order valence-electron chi connectivity index (χ2n) is 10.7. The van der Waals surface area contributed by atoms with Gasteiger partial charge in [-0.25, -0.2) is 0 Å². The number of hydrogen-bond donors (Lipinski definition) is 2. The molecule has 4 aliphatic rings. The van der Waals surface area contributed by atoms with Crippen LogP contribution in [0.4, 0.5) is 0 Å². The first-order valence-electron chi connectivity index (χ1n) is 13.6. The summed E-state index contributed by atoms with van der Waals surface area (Å²) in [6, 6.07) is 20.6. The van der Waals surface area contributed by atoms with Gasteiger partial charge in [0.15, 0.2) is 0 Å². The fourth-order valence-electron chi connectivity index (χ4n) is 6.32. The number of fused-ring (bicyclic) bond motifs is 2. The van der Waals surface area contributed by atoms with Crippen molar-refractivity contribution in [3.05, 3.63) is 71.8 Å². The van der Waals surface area contributed by atoms with E-state index in [0.717, 1.165) is 24.0 Å². The maximum Gasteiger partial charge on any atom is 0.323 e. The van der Waals surface area contributed by atoms with Crippen LogP contribution in [0.5, 0.6) is 0 Å². The molecule has 2 saturated heterocycles. The van der Waals surface area contributed by atoms with Crippen LogP contribution in [0.3, 0.4) is 0 Å². The van der Waals surface area contributed by atoms with Crippen LogP contribution in [0.25, 0.3) is 0 Å². The number of esters is 2. The van der Waals surface area contributed by atoms with E-state index in [9.17, 15) is 9.59 Å². The van der Waals surface area contributed by atoms with Crippen molar-refractivity contribution in [3.63, 3.8) is 0 Å². The average Bonchev–Trinajstić information content (AvgIpc) is 3.69. The number of rotatable bonds is 6. The van der Waals surface area contributed by atoms with E-state index in [1.165, 1.54) is 38.5 Å². The van der Waals surface area contributed by atoms with Crippen molar-refractivity contribution in [3.8, 4) is 0 Å². The van der Waals surface area contributed by atoms with Gasteiger partial charge in [0.25, 0.3) is 0 Å². The van der Waals surface area contributed by atoms with E-state index in [2.05, 4.69) is 10.6 Å². The largest absolute Gasteiger partial charge is 0.460 e. The predicted octanol–water partition coefficient (Wildman–Crippen LogP) is 4.52. The minimum Gasteiger partial charge on any atom is -0.460 e. The highest BCUT2D eigenvalue weighted by atomic mass is 16.5. The Morgan fingerprint density at radius 1 is 0.639 bits per heavy atom. The van der Waals surface area contributed by atoms with E-state index >= 15 is 0 Å². The van der Waals surface area contributed by atoms with Crippen molar-refractivity contribution < 1.29 is 19.1 Å². The van der Waals surface area contributed by atoms with Crippen LogP contribution < -0.4 is 10.6 Å². The van der Waals surface area contributed by atoms with Crippen molar-refractivity contribution in [1.82, 2.24) is 10.6 Å². The third kappa shape index (κ3) is 6.34. The average molecular weight is 491 g/mol. The van der Waals surface area contributed by atoms with Crippen LogP contribution in [0.15, 0.2) is 60.7 Å². The summed E-state index contributed by atoms with van der Waals surface area (Å²) >= 11 is 0. The van der Waals surface area contributed by atoms with Gasteiger partial charge in [-0.15, -0.1) is 0 Å². The Kier molecular flexibility index (Phi) is 8.34. The first-order chi connectivity index (χ1) is 17.7. The van der Waals surface area contributed by atoms with Crippen LogP contribution in [0, 0.1) is 11.8 Å². The molecule has 0 radical (unpaired) electrons. The van der Waals surface area contributed by atoms with E-state index in [1.54, 1.807) is 0 Å². The zero-order valence-corrected chi connectivity index (χ0v) is 20.9. The lowest BCUT2D eigenvalue weighted by Crippen LogP contribution is -2.36. The highest BCUT2D eigenvalue weighted by Crippen LogP contribution is 2.35. The van der Waals surface area contributed by atoms with Gasteiger partial charge in [0.05, 0.1) is 0 Å². The van der Waals surface area contributed by atoms with Crippen molar-refractivity contribution in [2.75, 3.05) is 0 Å². The topological polar surface area (TPSA) is 76.7 Å². The van der Waals surface area contributed by atoms with E-state index < -0.39 is 0 Å². The highest BCUT2D eigenvalue weighted by molar-refractivity contribution is 5.76. The minimum absolute atomic E-state index is 0.0796. The summed E-state index contributed by atoms with van der Waals surface area (Å²) in [6.07, 6.45) is 9.47. The maximum absolute atomic E-state index is 12.0. The summed E-state index contributed by atoms with van der Waals surface area (Å²) in [5.74, 6) is 1.21. The maximum atomic E-state index is 12.0. The lowest BCUT2D eigenvalue weighted by molar-refractivity contribution is -0.148. The third-order valence-corrected chi connectivity index (χ3v) is 8.24. The Balaban J connectivity index is 0.000000148. The van der Waals surface area contributed by atoms with Gasteiger partial charge in [-0.1, -0.05) is 73.5 Å². The van der Waals surface area contributed by atoms with Crippen LogP contribution >= 0.6 is 0 Å². The van der Waals surface area contributed by atoms with Crippen molar-refractivity contribution >= 4 is 11.9 Å². The Morgan fingerprint density at radius 2 is 1.06 bits per heavy atom. The molecule has 2 aliphatic carbocycles. The number of benzene rings is 2. The van der Waals surface area contributed by atoms with Crippen molar-refractivity contribution in [1.29, 1.82) is 0 Å². The Labute approximate surface area is 214 Å². The molecule has 6 rings (SSSR count). The quantitative estimate of drug-likeness (QED) is 0.580. The van der Waals surface area contributed by atoms with Crippen molar-refractivity contribution in [2.45, 2.75) is 88.7 Å². The van der Waals surface area contributed by atoms with E-state index in [4.69, 9.17) is 9.47 Å². The molecule has 6 heteroatoms. The zero-order chi connectivity index (χ0) is 24.7. The summed E-state index contributed by atoms with van der Waals surface area (Å²) in [5.41, 5.74) is 2.09. The van der Waals surface area contributed by atoms with Gasteiger partial charge in [0, 0.05) is 12.1 Å². The molecule has 0 amide bonds. The Bertz CT molecular complexity index is 893. The second kappa shape index (κ2) is 12.0. The van der Waals surface area contributed by atoms with Crippen molar-refractivity contribution in [2.24, 2.45) is 11.8 Å². The van der Waals surface area contributed by atoms with E-state index in [0.29, 0.717) is 37.1 Å². The minimum atomic E-state index is -0.0896. The zero-order valence-electron chi connectivity index (χ0n) is 20.9. The Morgan fingerprint density at radius 3 is 1.44 bits per heavy atom. The number of carbonyl (C=O) groups excluding carboxylic acids is 2. The van der Waals surface area contributed by atoms with Gasteiger partial charge in [-0.3, -0.25) is 9.59 Å². The number of carbonyl (C=O) groups is 2. The summed E-state index contributed by atoms with van der Waals surface area (Å²) < 4.78 is 10.8. The standard InChI is InChI=1S/2C15H19NO2/c2*17-15(18-10-11-5-2-1-3-6-11)14-9-12-7-4-8-13(12)16-14/h2*1-3,5-6,12-14,16H,4,7-10H2/t2*12-,13-,14-/m10/s1. The second-order valence-corrected chi connectivity index (χ2v) is 10.7. The monoisotopic (exact) mass is 490 g/mol. The molecule has 2 aliphatic heterocycles. The predicted molar refractivity (Wildman–Crippen MR) is 138 cm³/mol. The molecule has 0 unspecified atom stereocenters. The summed E-state index contributed by atoms with van der Waals surface area (Å²) in [5, 5.41) is 6.83. The molecule has 0 bridgehead atoms. The molecule has 2 aromatic rings. The first kappa shape index (κ1) is 25.0. The fourth-order valence-corrected chi connectivity index (χ4v) is 6.32. The number of nitrogens with one attached hydrogen (secondary N) is 2. The molecule has 192 valence electrons. The molecule has 2 N–H and O–H groups in total. The van der Waals surface area contributed by atoms with Crippen LogP contribution in [0.1, 0.15) is 62.5 Å². The van der Waals surface area contributed by atoms with Crippen LogP contribution in [-0.4, -0.2) is 36.1 Å². The summed E-state index contributed by atoms with van der Waals surface area (Å²) in [6.45, 7) is 0.764. The molecule has 2 aromatic carbocycles. The lowest BCUT2D eigenvalue weighted by Gasteiger charge is -2.12. The van der Waals surface area contributed by atoms with Gasteiger partial charge in [0.2, 0.25) is 0 Å². The molecule has 36 heavy (non-hydrogen) atoms. The summed E-state index contributed by atoms with van der Waals surface area (Å²) in [7, 11) is 0. The SMILES string of the molecule is O=C(OCc1ccccc1)[C@@H]1C[C@@H]2CCC[C@@H]2N1.O=C(OCc1ccccc1)[C@H]1C[C@H]2CCC[C@H]2N1. The van der Waals surface area contributed by atoms with E-state index in [1.807, 2.05) is 60.7 Å². The molecule has 2 saturated carbocycles. The van der Waals surface area contributed by atoms with Gasteiger partial charge in [-0.05, 0) is 61.5 Å². The molecular weight excluding hydrogens is 452 g/mol. The number of ether oxygens (including phenoxy) is 2. The van der Waals surface area contributed by atoms with Crippen LogP contribution in [-0.2, 0) is 32.3 Å². The molecule has 0 spiro atoms. The fraction of sp³-hybridized carbons (Fsp3) is 0.533. The normalized spacial score (nSPS) is 30.1. The van der Waals surface area contributed by atoms with E-state index in [-0.39, 0.29) is 24.0 Å². The molecule has 6 nitrogen and oxygen atoms in total. The molecule has 0 aromatic heterocycles. The smallest absolute Gasteiger partial charge is 0.323 e. The summed E-state index contributed by atoms with van der Waals surface area (Å²) in [4.78, 5) is 23.9. The molecule has 6 atom stereocenters. The highest BCUT2D eigenvalue weighted by Gasteiger charge is 2.41. The van der Waals surface area contributed by atoms with Gasteiger partial charge < -0.3 is 20.1 Å². The Hall–Kier alpha value is -2.70. The van der Waals surface area contributed by atoms with Crippen LogP contribution in [0.2, 0.25) is 0 Å². The molecule has 4 fully saturated rings. The van der Waals surface area contributed by atoms with Gasteiger partial charge in [0.1, 0.15) is 25.3 Å². The van der Waals surface area contributed by atoms with Gasteiger partial charge >= 0.3 is 11.9 Å². The molecule has 2 heterocycles.